The monoisotopic (exact) mass is 314 g/mol. The minimum absolute atomic E-state index is 0.0581. The van der Waals surface area contributed by atoms with Crippen molar-refractivity contribution in [2.45, 2.75) is 6.18 Å². The Kier molecular flexibility index (Phi) is 4.42. The number of alkyl halides is 3. The fraction of sp³-hybridized carbons (Fsp3) is 0.0714. The van der Waals surface area contributed by atoms with E-state index in [1.165, 1.54) is 36.4 Å². The normalized spacial score (nSPS) is 11.0. The molecular formula is C14H10F4N2S. The molecule has 0 fully saturated rings. The van der Waals surface area contributed by atoms with Gasteiger partial charge in [0.1, 0.15) is 5.82 Å². The van der Waals surface area contributed by atoms with Gasteiger partial charge in [0.15, 0.2) is 5.11 Å². The molecule has 0 aliphatic carbocycles. The first-order valence-corrected chi connectivity index (χ1v) is 6.27. The van der Waals surface area contributed by atoms with Gasteiger partial charge in [-0.1, -0.05) is 18.2 Å². The maximum Gasteiger partial charge on any atom is 0.418 e. The van der Waals surface area contributed by atoms with E-state index < -0.39 is 17.6 Å². The van der Waals surface area contributed by atoms with Crippen LogP contribution in [-0.2, 0) is 6.18 Å². The van der Waals surface area contributed by atoms with E-state index in [2.05, 4.69) is 10.6 Å². The standard InChI is InChI=1S/C14H10F4N2S/c15-9-4-3-5-10(8-9)19-13(21)20-12-7-2-1-6-11(12)14(16,17)18/h1-8H,(H2,19,20,21). The summed E-state index contributed by atoms with van der Waals surface area (Å²) < 4.78 is 51.5. The van der Waals surface area contributed by atoms with Crippen molar-refractivity contribution in [3.8, 4) is 0 Å². The van der Waals surface area contributed by atoms with Gasteiger partial charge in [0.2, 0.25) is 0 Å². The van der Waals surface area contributed by atoms with E-state index in [1.807, 2.05) is 0 Å². The van der Waals surface area contributed by atoms with Crippen LogP contribution in [0, 0.1) is 5.82 Å². The number of hydrogen-bond acceptors (Lipinski definition) is 1. The van der Waals surface area contributed by atoms with Crippen LogP contribution >= 0.6 is 12.2 Å². The Morgan fingerprint density at radius 2 is 1.67 bits per heavy atom. The van der Waals surface area contributed by atoms with Crippen molar-refractivity contribution in [3.63, 3.8) is 0 Å². The van der Waals surface area contributed by atoms with Crippen LogP contribution in [0.15, 0.2) is 48.5 Å². The third-order valence-electron chi connectivity index (χ3n) is 2.56. The molecule has 21 heavy (non-hydrogen) atoms. The fourth-order valence-electron chi connectivity index (χ4n) is 1.69. The highest BCUT2D eigenvalue weighted by Gasteiger charge is 2.33. The van der Waals surface area contributed by atoms with Crippen LogP contribution in [0.1, 0.15) is 5.56 Å². The lowest BCUT2D eigenvalue weighted by Gasteiger charge is -2.15. The van der Waals surface area contributed by atoms with E-state index in [4.69, 9.17) is 12.2 Å². The zero-order valence-electron chi connectivity index (χ0n) is 10.5. The Balaban J connectivity index is 2.14. The first kappa shape index (κ1) is 15.2. The SMILES string of the molecule is Fc1cccc(NC(=S)Nc2ccccc2C(F)(F)F)c1. The van der Waals surface area contributed by atoms with Crippen molar-refractivity contribution in [2.75, 3.05) is 10.6 Å². The molecule has 2 rings (SSSR count). The average Bonchev–Trinajstić information content (AvgIpc) is 2.37. The molecule has 2 N–H and O–H groups in total. The minimum atomic E-state index is -4.49. The zero-order valence-corrected chi connectivity index (χ0v) is 11.4. The van der Waals surface area contributed by atoms with E-state index in [-0.39, 0.29) is 10.8 Å². The summed E-state index contributed by atoms with van der Waals surface area (Å²) in [6.45, 7) is 0. The van der Waals surface area contributed by atoms with Gasteiger partial charge in [-0.2, -0.15) is 13.2 Å². The summed E-state index contributed by atoms with van der Waals surface area (Å²) in [5.74, 6) is -0.474. The van der Waals surface area contributed by atoms with Gasteiger partial charge in [0.05, 0.1) is 11.3 Å². The number of anilines is 2. The number of rotatable bonds is 2. The van der Waals surface area contributed by atoms with E-state index in [0.29, 0.717) is 5.69 Å². The number of thiocarbonyl (C=S) groups is 1. The molecule has 0 amide bonds. The second kappa shape index (κ2) is 6.09. The van der Waals surface area contributed by atoms with E-state index in [1.54, 1.807) is 6.07 Å². The highest BCUT2D eigenvalue weighted by atomic mass is 32.1. The quantitative estimate of drug-likeness (QED) is 0.623. The van der Waals surface area contributed by atoms with Gasteiger partial charge in [-0.25, -0.2) is 4.39 Å². The molecule has 0 aromatic heterocycles. The van der Waals surface area contributed by atoms with E-state index in [0.717, 1.165) is 6.07 Å². The lowest BCUT2D eigenvalue weighted by molar-refractivity contribution is -0.136. The Hall–Kier alpha value is -2.15. The van der Waals surface area contributed by atoms with Gasteiger partial charge in [0, 0.05) is 5.69 Å². The van der Waals surface area contributed by atoms with E-state index in [9.17, 15) is 17.6 Å². The number of hydrogen-bond donors (Lipinski definition) is 2. The van der Waals surface area contributed by atoms with Crippen LogP contribution in [-0.4, -0.2) is 5.11 Å². The maximum absolute atomic E-state index is 13.0. The lowest BCUT2D eigenvalue weighted by Crippen LogP contribution is -2.21. The topological polar surface area (TPSA) is 24.1 Å². The minimum Gasteiger partial charge on any atom is -0.332 e. The van der Waals surface area contributed by atoms with Crippen LogP contribution < -0.4 is 10.6 Å². The molecule has 0 unspecified atom stereocenters. The molecule has 0 aliphatic heterocycles. The second-order valence-corrected chi connectivity index (χ2v) is 4.54. The van der Waals surface area contributed by atoms with Crippen LogP contribution in [0.25, 0.3) is 0 Å². The summed E-state index contributed by atoms with van der Waals surface area (Å²) in [7, 11) is 0. The van der Waals surface area contributed by atoms with Gasteiger partial charge >= 0.3 is 6.18 Å². The Labute approximate surface area is 123 Å². The van der Waals surface area contributed by atoms with Gasteiger partial charge in [-0.15, -0.1) is 0 Å². The molecule has 0 saturated heterocycles. The molecular weight excluding hydrogens is 304 g/mol. The van der Waals surface area contributed by atoms with E-state index >= 15 is 0 Å². The Bertz CT molecular complexity index is 655. The number of halogens is 4. The molecule has 2 aromatic rings. The predicted octanol–water partition coefficient (Wildman–Crippen LogP) is 4.65. The number of benzene rings is 2. The van der Waals surface area contributed by atoms with Crippen molar-refractivity contribution in [2.24, 2.45) is 0 Å². The molecule has 0 atom stereocenters. The molecule has 0 heterocycles. The predicted molar refractivity (Wildman–Crippen MR) is 77.7 cm³/mol. The van der Waals surface area contributed by atoms with Crippen LogP contribution in [0.4, 0.5) is 28.9 Å². The molecule has 0 spiro atoms. The summed E-state index contributed by atoms with van der Waals surface area (Å²) in [6.07, 6.45) is -4.49. The van der Waals surface area contributed by atoms with Gasteiger partial charge in [-0.05, 0) is 42.5 Å². The van der Waals surface area contributed by atoms with Crippen molar-refractivity contribution >= 4 is 28.7 Å². The first-order valence-electron chi connectivity index (χ1n) is 5.86. The molecule has 110 valence electrons. The second-order valence-electron chi connectivity index (χ2n) is 4.13. The van der Waals surface area contributed by atoms with Crippen molar-refractivity contribution in [3.05, 3.63) is 59.9 Å². The molecule has 7 heteroatoms. The molecule has 2 aromatic carbocycles. The fourth-order valence-corrected chi connectivity index (χ4v) is 1.92. The Morgan fingerprint density at radius 3 is 2.33 bits per heavy atom. The van der Waals surface area contributed by atoms with Gasteiger partial charge in [-0.3, -0.25) is 0 Å². The highest BCUT2D eigenvalue weighted by Crippen LogP contribution is 2.34. The average molecular weight is 314 g/mol. The van der Waals surface area contributed by atoms with Crippen LogP contribution in [0.2, 0.25) is 0 Å². The summed E-state index contributed by atoms with van der Waals surface area (Å²) >= 11 is 4.93. The molecule has 0 saturated carbocycles. The zero-order chi connectivity index (χ0) is 15.5. The Morgan fingerprint density at radius 1 is 0.952 bits per heavy atom. The third-order valence-corrected chi connectivity index (χ3v) is 2.77. The summed E-state index contributed by atoms with van der Waals surface area (Å²) in [6, 6.07) is 10.4. The van der Waals surface area contributed by atoms with Crippen LogP contribution in [0.5, 0.6) is 0 Å². The third kappa shape index (κ3) is 4.16. The molecule has 0 radical (unpaired) electrons. The number of para-hydroxylation sites is 1. The summed E-state index contributed by atoms with van der Waals surface area (Å²) in [5.41, 5.74) is -0.649. The van der Waals surface area contributed by atoms with Gasteiger partial charge < -0.3 is 10.6 Å². The smallest absolute Gasteiger partial charge is 0.332 e. The molecule has 0 aliphatic rings. The van der Waals surface area contributed by atoms with Crippen LogP contribution in [0.3, 0.4) is 0 Å². The van der Waals surface area contributed by atoms with Crippen molar-refractivity contribution < 1.29 is 17.6 Å². The lowest BCUT2D eigenvalue weighted by atomic mass is 10.1. The van der Waals surface area contributed by atoms with Crippen molar-refractivity contribution in [1.29, 1.82) is 0 Å². The van der Waals surface area contributed by atoms with Crippen molar-refractivity contribution in [1.82, 2.24) is 0 Å². The first-order chi connectivity index (χ1) is 9.86. The molecule has 0 bridgehead atoms. The summed E-state index contributed by atoms with van der Waals surface area (Å²) in [4.78, 5) is 0. The number of nitrogens with one attached hydrogen (secondary N) is 2. The largest absolute Gasteiger partial charge is 0.418 e. The molecule has 2 nitrogen and oxygen atoms in total. The van der Waals surface area contributed by atoms with Gasteiger partial charge in [0.25, 0.3) is 0 Å². The summed E-state index contributed by atoms with van der Waals surface area (Å²) in [5, 5.41) is 5.03. The highest BCUT2D eigenvalue weighted by molar-refractivity contribution is 7.80. The maximum atomic E-state index is 13.0.